The Balaban J connectivity index is 2.17. The maximum absolute atomic E-state index is 12.0. The van der Waals surface area contributed by atoms with Gasteiger partial charge in [-0.05, 0) is 46.1 Å². The van der Waals surface area contributed by atoms with Gasteiger partial charge in [0.25, 0.3) is 0 Å². The van der Waals surface area contributed by atoms with Crippen LogP contribution in [0.5, 0.6) is 11.5 Å². The molecule has 1 heterocycles. The highest BCUT2D eigenvalue weighted by Gasteiger charge is 2.32. The van der Waals surface area contributed by atoms with Crippen molar-refractivity contribution in [3.63, 3.8) is 0 Å². The van der Waals surface area contributed by atoms with E-state index in [4.69, 9.17) is 18.9 Å². The largest absolute Gasteiger partial charge is 0.507 e. The Morgan fingerprint density at radius 2 is 2.03 bits per heavy atom. The molecule has 0 radical (unpaired) electrons. The first kappa shape index (κ1) is 23.2. The number of carbonyl (C=O) groups excluding carboxylic acids is 1. The highest BCUT2D eigenvalue weighted by molar-refractivity contribution is 5.98. The van der Waals surface area contributed by atoms with Gasteiger partial charge in [-0.3, -0.25) is 0 Å². The highest BCUT2D eigenvalue weighted by Crippen LogP contribution is 2.42. The average Bonchev–Trinajstić information content (AvgIpc) is 3.09. The van der Waals surface area contributed by atoms with Crippen LogP contribution in [0.15, 0.2) is 11.6 Å². The Kier molecular flexibility index (Phi) is 8.07. The molecule has 29 heavy (non-hydrogen) atoms. The molecule has 0 aromatic heterocycles. The van der Waals surface area contributed by atoms with Gasteiger partial charge in [0, 0.05) is 30.8 Å². The maximum Gasteiger partial charge on any atom is 0.342 e. The van der Waals surface area contributed by atoms with Crippen molar-refractivity contribution in [3.8, 4) is 11.5 Å². The molecular formula is C22H32O7. The van der Waals surface area contributed by atoms with Crippen molar-refractivity contribution in [2.75, 3.05) is 26.9 Å². The van der Waals surface area contributed by atoms with Crippen LogP contribution in [0.4, 0.5) is 0 Å². The summed E-state index contributed by atoms with van der Waals surface area (Å²) in [7, 11) is 1.54. The van der Waals surface area contributed by atoms with Crippen molar-refractivity contribution < 1.29 is 34.0 Å². The Morgan fingerprint density at radius 1 is 1.31 bits per heavy atom. The first-order chi connectivity index (χ1) is 13.8. The number of benzene rings is 1. The lowest BCUT2D eigenvalue weighted by Gasteiger charge is -2.27. The third-order valence-electron chi connectivity index (χ3n) is 5.16. The van der Waals surface area contributed by atoms with E-state index >= 15 is 0 Å². The van der Waals surface area contributed by atoms with Gasteiger partial charge in [-0.15, -0.1) is 0 Å². The fraction of sp³-hybridized carbons (Fsp3) is 0.591. The number of carbonyl (C=O) groups is 1. The van der Waals surface area contributed by atoms with Gasteiger partial charge >= 0.3 is 5.97 Å². The van der Waals surface area contributed by atoms with Crippen molar-refractivity contribution in [1.82, 2.24) is 0 Å². The summed E-state index contributed by atoms with van der Waals surface area (Å²) >= 11 is 0. The van der Waals surface area contributed by atoms with E-state index in [2.05, 4.69) is 0 Å². The third-order valence-corrected chi connectivity index (χ3v) is 5.16. The molecule has 0 aliphatic carbocycles. The van der Waals surface area contributed by atoms with E-state index in [9.17, 15) is 15.0 Å². The zero-order valence-electron chi connectivity index (χ0n) is 18.0. The zero-order valence-corrected chi connectivity index (χ0v) is 18.0. The number of aromatic hydroxyl groups is 1. The van der Waals surface area contributed by atoms with Crippen LogP contribution in [-0.2, 0) is 27.2 Å². The van der Waals surface area contributed by atoms with E-state index in [0.29, 0.717) is 49.4 Å². The number of ether oxygens (including phenoxy) is 4. The minimum Gasteiger partial charge on any atom is -0.507 e. The molecule has 1 atom stereocenters. The number of methoxy groups -OCH3 is 1. The summed E-state index contributed by atoms with van der Waals surface area (Å²) in [4.78, 5) is 12.0. The summed E-state index contributed by atoms with van der Waals surface area (Å²) in [5.41, 5.74) is 3.27. The van der Waals surface area contributed by atoms with Crippen molar-refractivity contribution in [2.24, 2.45) is 0 Å². The number of esters is 1. The minimum atomic E-state index is -1.33. The molecule has 0 saturated carbocycles. The van der Waals surface area contributed by atoms with Crippen LogP contribution in [0.1, 0.15) is 60.7 Å². The van der Waals surface area contributed by atoms with Crippen LogP contribution in [0.2, 0.25) is 0 Å². The smallest absolute Gasteiger partial charge is 0.342 e. The fourth-order valence-corrected chi connectivity index (χ4v) is 3.52. The molecule has 0 bridgehead atoms. The maximum atomic E-state index is 12.0. The summed E-state index contributed by atoms with van der Waals surface area (Å²) < 4.78 is 21.4. The summed E-state index contributed by atoms with van der Waals surface area (Å²) in [5, 5.41) is 21.3. The van der Waals surface area contributed by atoms with Gasteiger partial charge in [0.15, 0.2) is 5.79 Å². The standard InChI is InChI=1S/C22H32O7/c1-6-27-13-22(25,29-7-2)11-10-14(3)8-9-16-19(23)18-17(12-28-21(18)24)15(4)20(16)26-5/h8,23,25H,6-7,9-13H2,1-5H3/b14-8+. The van der Waals surface area contributed by atoms with E-state index < -0.39 is 11.8 Å². The summed E-state index contributed by atoms with van der Waals surface area (Å²) in [6.07, 6.45) is 3.33. The monoisotopic (exact) mass is 408 g/mol. The molecule has 162 valence electrons. The molecule has 1 unspecified atom stereocenters. The lowest BCUT2D eigenvalue weighted by atomic mass is 9.94. The van der Waals surface area contributed by atoms with Crippen LogP contribution in [0.3, 0.4) is 0 Å². The summed E-state index contributed by atoms with van der Waals surface area (Å²) in [6.45, 7) is 8.66. The number of fused-ring (bicyclic) bond motifs is 1. The normalized spacial score (nSPS) is 15.8. The second kappa shape index (κ2) is 10.1. The average molecular weight is 408 g/mol. The van der Waals surface area contributed by atoms with Crippen molar-refractivity contribution in [2.45, 2.75) is 59.4 Å². The van der Waals surface area contributed by atoms with Crippen LogP contribution in [0, 0.1) is 6.92 Å². The highest BCUT2D eigenvalue weighted by atomic mass is 16.6. The topological polar surface area (TPSA) is 94.5 Å². The first-order valence-corrected chi connectivity index (χ1v) is 9.96. The second-order valence-electron chi connectivity index (χ2n) is 7.19. The molecule has 0 amide bonds. The molecule has 2 N–H and O–H groups in total. The van der Waals surface area contributed by atoms with E-state index in [-0.39, 0.29) is 24.5 Å². The van der Waals surface area contributed by atoms with Gasteiger partial charge in [0.05, 0.1) is 7.11 Å². The van der Waals surface area contributed by atoms with Crippen LogP contribution >= 0.6 is 0 Å². The minimum absolute atomic E-state index is 0.0869. The predicted octanol–water partition coefficient (Wildman–Crippen LogP) is 3.41. The number of allylic oxidation sites excluding steroid dienone is 2. The second-order valence-corrected chi connectivity index (χ2v) is 7.19. The lowest BCUT2D eigenvalue weighted by molar-refractivity contribution is -0.232. The van der Waals surface area contributed by atoms with Crippen molar-refractivity contribution >= 4 is 5.97 Å². The quantitative estimate of drug-likeness (QED) is 0.329. The molecule has 2 rings (SSSR count). The molecule has 0 saturated heterocycles. The number of phenolic OH excluding ortho intramolecular Hbond substituents is 1. The number of hydrogen-bond donors (Lipinski definition) is 2. The van der Waals surface area contributed by atoms with Gasteiger partial charge in [0.2, 0.25) is 0 Å². The Morgan fingerprint density at radius 3 is 2.66 bits per heavy atom. The molecule has 7 nitrogen and oxygen atoms in total. The Bertz CT molecular complexity index is 769. The lowest BCUT2D eigenvalue weighted by Crippen LogP contribution is -2.38. The van der Waals surface area contributed by atoms with E-state index in [0.717, 1.165) is 11.1 Å². The summed E-state index contributed by atoms with van der Waals surface area (Å²) in [5.74, 6) is -1.36. The number of phenols is 1. The molecule has 0 spiro atoms. The number of cyclic esters (lactones) is 1. The van der Waals surface area contributed by atoms with Gasteiger partial charge in [-0.1, -0.05) is 11.6 Å². The summed E-state index contributed by atoms with van der Waals surface area (Å²) in [6, 6.07) is 0. The number of aliphatic hydroxyl groups is 1. The molecule has 7 heteroatoms. The molecule has 1 aromatic rings. The SMILES string of the molecule is CCOCC(O)(CC/C(C)=C/Cc1c(O)c2c(c(C)c1OC)COC2=O)OCC. The van der Waals surface area contributed by atoms with Crippen molar-refractivity contribution in [3.05, 3.63) is 33.9 Å². The fourth-order valence-electron chi connectivity index (χ4n) is 3.52. The number of hydrogen-bond acceptors (Lipinski definition) is 7. The number of rotatable bonds is 11. The zero-order chi connectivity index (χ0) is 21.6. The van der Waals surface area contributed by atoms with Gasteiger partial charge in [0.1, 0.15) is 30.3 Å². The third kappa shape index (κ3) is 5.29. The molecule has 0 fully saturated rings. The predicted molar refractivity (Wildman–Crippen MR) is 108 cm³/mol. The van der Waals surface area contributed by atoms with E-state index in [1.165, 1.54) is 0 Å². The van der Waals surface area contributed by atoms with Crippen LogP contribution in [0.25, 0.3) is 0 Å². The Labute approximate surface area is 172 Å². The van der Waals surface area contributed by atoms with Crippen LogP contribution < -0.4 is 4.74 Å². The molecule has 1 aromatic carbocycles. The van der Waals surface area contributed by atoms with Crippen LogP contribution in [-0.4, -0.2) is 48.9 Å². The molecular weight excluding hydrogens is 376 g/mol. The van der Waals surface area contributed by atoms with Crippen molar-refractivity contribution in [1.29, 1.82) is 0 Å². The van der Waals surface area contributed by atoms with Gasteiger partial charge < -0.3 is 29.2 Å². The molecule has 1 aliphatic rings. The Hall–Kier alpha value is -2.09. The van der Waals surface area contributed by atoms with Gasteiger partial charge in [-0.2, -0.15) is 0 Å². The van der Waals surface area contributed by atoms with E-state index in [1.807, 2.05) is 33.8 Å². The molecule has 1 aliphatic heterocycles. The first-order valence-electron chi connectivity index (χ1n) is 9.96. The van der Waals surface area contributed by atoms with Gasteiger partial charge in [-0.25, -0.2) is 4.79 Å². The van der Waals surface area contributed by atoms with E-state index in [1.54, 1.807) is 7.11 Å².